The van der Waals surface area contributed by atoms with E-state index in [0.29, 0.717) is 12.6 Å². The molecule has 0 spiro atoms. The smallest absolute Gasteiger partial charge is 0.239 e. The molecule has 0 aromatic carbocycles. The van der Waals surface area contributed by atoms with Crippen LogP contribution in [0.4, 0.5) is 0 Å². The Morgan fingerprint density at radius 1 is 1.38 bits per heavy atom. The van der Waals surface area contributed by atoms with Crippen molar-refractivity contribution in [3.05, 3.63) is 0 Å². The number of nitrogens with one attached hydrogen (secondary N) is 1. The van der Waals surface area contributed by atoms with Crippen molar-refractivity contribution in [3.8, 4) is 0 Å². The van der Waals surface area contributed by atoms with Crippen molar-refractivity contribution < 1.29 is 4.79 Å². The lowest BCUT2D eigenvalue weighted by molar-refractivity contribution is -0.130. The van der Waals surface area contributed by atoms with Gasteiger partial charge < -0.3 is 20.9 Å². The number of amides is 1. The summed E-state index contributed by atoms with van der Waals surface area (Å²) in [6.07, 6.45) is 2.01. The summed E-state index contributed by atoms with van der Waals surface area (Å²) in [5.41, 5.74) is 5.50. The minimum Gasteiger partial charge on any atom is -0.347 e. The maximum Gasteiger partial charge on any atom is 0.239 e. The largest absolute Gasteiger partial charge is 0.347 e. The zero-order chi connectivity index (χ0) is 12.1. The van der Waals surface area contributed by atoms with Crippen LogP contribution in [0.2, 0.25) is 0 Å². The second-order valence-corrected chi connectivity index (χ2v) is 4.78. The van der Waals surface area contributed by atoms with Crippen LogP contribution in [0, 0.1) is 0 Å². The zero-order valence-electron chi connectivity index (χ0n) is 10.6. The highest BCUT2D eigenvalue weighted by Crippen LogP contribution is 2.14. The molecular formula is C11H24N4O. The van der Waals surface area contributed by atoms with Gasteiger partial charge in [-0.1, -0.05) is 0 Å². The SMILES string of the molecule is CN(CCN)CC1CCC(C(=O)N(C)C)N1. The van der Waals surface area contributed by atoms with Crippen LogP contribution in [-0.4, -0.2) is 68.6 Å². The van der Waals surface area contributed by atoms with Gasteiger partial charge in [-0.25, -0.2) is 0 Å². The number of nitrogens with zero attached hydrogens (tertiary/aromatic N) is 2. The molecule has 1 heterocycles. The van der Waals surface area contributed by atoms with E-state index >= 15 is 0 Å². The Hall–Kier alpha value is -0.650. The van der Waals surface area contributed by atoms with Gasteiger partial charge in [-0.2, -0.15) is 0 Å². The van der Waals surface area contributed by atoms with Gasteiger partial charge in [0.1, 0.15) is 0 Å². The third-order valence-corrected chi connectivity index (χ3v) is 3.02. The van der Waals surface area contributed by atoms with E-state index in [0.717, 1.165) is 25.9 Å². The van der Waals surface area contributed by atoms with Gasteiger partial charge in [0.15, 0.2) is 0 Å². The van der Waals surface area contributed by atoms with Crippen molar-refractivity contribution in [1.82, 2.24) is 15.1 Å². The van der Waals surface area contributed by atoms with Crippen molar-refractivity contribution in [1.29, 1.82) is 0 Å². The molecule has 1 rings (SSSR count). The Morgan fingerprint density at radius 3 is 2.62 bits per heavy atom. The van der Waals surface area contributed by atoms with E-state index in [-0.39, 0.29) is 11.9 Å². The average molecular weight is 228 g/mol. The normalized spacial score (nSPS) is 25.1. The molecule has 1 aliphatic heterocycles. The van der Waals surface area contributed by atoms with Gasteiger partial charge >= 0.3 is 0 Å². The third-order valence-electron chi connectivity index (χ3n) is 3.02. The number of rotatable bonds is 5. The fraction of sp³-hybridized carbons (Fsp3) is 0.909. The summed E-state index contributed by atoms with van der Waals surface area (Å²) in [6.45, 7) is 2.56. The second-order valence-electron chi connectivity index (χ2n) is 4.78. The number of hydrogen-bond donors (Lipinski definition) is 2. The van der Waals surface area contributed by atoms with Crippen molar-refractivity contribution in [2.75, 3.05) is 40.8 Å². The predicted octanol–water partition coefficient (Wildman–Crippen LogP) is -0.914. The average Bonchev–Trinajstić information content (AvgIpc) is 2.65. The number of nitrogens with two attached hydrogens (primary N) is 1. The lowest BCUT2D eigenvalue weighted by atomic mass is 10.2. The molecule has 0 aliphatic carbocycles. The van der Waals surface area contributed by atoms with Crippen LogP contribution in [-0.2, 0) is 4.79 Å². The van der Waals surface area contributed by atoms with Gasteiger partial charge in [-0.15, -0.1) is 0 Å². The highest BCUT2D eigenvalue weighted by Gasteiger charge is 2.30. The Balaban J connectivity index is 2.32. The molecule has 94 valence electrons. The lowest BCUT2D eigenvalue weighted by Crippen LogP contribution is -2.45. The number of carbonyl (C=O) groups excluding carboxylic acids is 1. The van der Waals surface area contributed by atoms with E-state index in [1.807, 2.05) is 0 Å². The molecule has 1 fully saturated rings. The number of hydrogen-bond acceptors (Lipinski definition) is 4. The van der Waals surface area contributed by atoms with Crippen LogP contribution >= 0.6 is 0 Å². The molecule has 5 nitrogen and oxygen atoms in total. The first-order valence-electron chi connectivity index (χ1n) is 5.90. The first-order valence-corrected chi connectivity index (χ1v) is 5.90. The lowest BCUT2D eigenvalue weighted by Gasteiger charge is -2.22. The monoisotopic (exact) mass is 228 g/mol. The van der Waals surface area contributed by atoms with Crippen LogP contribution in [0.3, 0.4) is 0 Å². The molecule has 0 saturated carbocycles. The standard InChI is InChI=1S/C11H24N4O/c1-14(2)11(16)10-5-4-9(13-10)8-15(3)7-6-12/h9-10,13H,4-8,12H2,1-3H3. The first kappa shape index (κ1) is 13.4. The summed E-state index contributed by atoms with van der Waals surface area (Å²) in [5.74, 6) is 0.184. The maximum atomic E-state index is 11.7. The highest BCUT2D eigenvalue weighted by molar-refractivity contribution is 5.81. The van der Waals surface area contributed by atoms with Crippen LogP contribution in [0.15, 0.2) is 0 Å². The van der Waals surface area contributed by atoms with E-state index in [1.165, 1.54) is 0 Å². The van der Waals surface area contributed by atoms with Gasteiger partial charge in [-0.3, -0.25) is 4.79 Å². The van der Waals surface area contributed by atoms with Crippen LogP contribution in [0.1, 0.15) is 12.8 Å². The Labute approximate surface area is 98.0 Å². The van der Waals surface area contributed by atoms with E-state index in [1.54, 1.807) is 19.0 Å². The zero-order valence-corrected chi connectivity index (χ0v) is 10.6. The minimum absolute atomic E-state index is 0.00581. The Bertz CT molecular complexity index is 232. The fourth-order valence-corrected chi connectivity index (χ4v) is 2.16. The highest BCUT2D eigenvalue weighted by atomic mass is 16.2. The maximum absolute atomic E-state index is 11.7. The van der Waals surface area contributed by atoms with Crippen molar-refractivity contribution >= 4 is 5.91 Å². The van der Waals surface area contributed by atoms with E-state index < -0.39 is 0 Å². The van der Waals surface area contributed by atoms with Crippen molar-refractivity contribution in [2.45, 2.75) is 24.9 Å². The molecule has 0 radical (unpaired) electrons. The summed E-state index contributed by atoms with van der Waals surface area (Å²) in [5, 5.41) is 3.39. The summed E-state index contributed by atoms with van der Waals surface area (Å²) in [4.78, 5) is 15.6. The molecule has 3 N–H and O–H groups in total. The van der Waals surface area contributed by atoms with Gasteiger partial charge in [-0.05, 0) is 19.9 Å². The minimum atomic E-state index is 0.00581. The summed E-state index contributed by atoms with van der Waals surface area (Å²) >= 11 is 0. The molecule has 2 atom stereocenters. The molecule has 5 heteroatoms. The van der Waals surface area contributed by atoms with Gasteiger partial charge in [0.2, 0.25) is 5.91 Å². The van der Waals surface area contributed by atoms with Crippen LogP contribution in [0.5, 0.6) is 0 Å². The molecule has 0 aromatic heterocycles. The molecule has 16 heavy (non-hydrogen) atoms. The quantitative estimate of drug-likeness (QED) is 0.639. The summed E-state index contributed by atoms with van der Waals surface area (Å²) in [6, 6.07) is 0.428. The molecule has 0 aromatic rings. The van der Waals surface area contributed by atoms with Crippen LogP contribution in [0.25, 0.3) is 0 Å². The van der Waals surface area contributed by atoms with Gasteiger partial charge in [0.25, 0.3) is 0 Å². The molecule has 1 aliphatic rings. The van der Waals surface area contributed by atoms with E-state index in [9.17, 15) is 4.79 Å². The molecule has 1 saturated heterocycles. The Kier molecular flexibility index (Phi) is 5.18. The predicted molar refractivity (Wildman–Crippen MR) is 65.2 cm³/mol. The first-order chi connectivity index (χ1) is 7.54. The third kappa shape index (κ3) is 3.73. The summed E-state index contributed by atoms with van der Waals surface area (Å²) in [7, 11) is 5.67. The van der Waals surface area contributed by atoms with Gasteiger partial charge in [0, 0.05) is 39.8 Å². The van der Waals surface area contributed by atoms with Crippen molar-refractivity contribution in [3.63, 3.8) is 0 Å². The molecule has 2 unspecified atom stereocenters. The molecular weight excluding hydrogens is 204 g/mol. The second kappa shape index (κ2) is 6.18. The summed E-state index contributed by atoms with van der Waals surface area (Å²) < 4.78 is 0. The molecule has 1 amide bonds. The van der Waals surface area contributed by atoms with Crippen LogP contribution < -0.4 is 11.1 Å². The van der Waals surface area contributed by atoms with Crippen molar-refractivity contribution in [2.24, 2.45) is 5.73 Å². The van der Waals surface area contributed by atoms with E-state index in [4.69, 9.17) is 5.73 Å². The molecule has 0 bridgehead atoms. The van der Waals surface area contributed by atoms with Gasteiger partial charge in [0.05, 0.1) is 6.04 Å². The topological polar surface area (TPSA) is 61.6 Å². The number of likely N-dealkylation sites (N-methyl/N-ethyl adjacent to an activating group) is 2. The van der Waals surface area contributed by atoms with E-state index in [2.05, 4.69) is 17.3 Å². The number of carbonyl (C=O) groups is 1. The Morgan fingerprint density at radius 2 is 2.06 bits per heavy atom. The fourth-order valence-electron chi connectivity index (χ4n) is 2.16.